The lowest BCUT2D eigenvalue weighted by molar-refractivity contribution is -0.140. The molecule has 152 valence electrons. The first-order chi connectivity index (χ1) is 14.6. The number of halogens is 1. The molecule has 0 atom stereocenters. The van der Waals surface area contributed by atoms with Crippen LogP contribution in [0.3, 0.4) is 0 Å². The molecule has 4 aromatic rings. The van der Waals surface area contributed by atoms with Crippen molar-refractivity contribution < 1.29 is 14.3 Å². The summed E-state index contributed by atoms with van der Waals surface area (Å²) in [4.78, 5) is 24.5. The lowest BCUT2D eigenvalue weighted by Gasteiger charge is -2.11. The number of fused-ring (bicyclic) bond motifs is 1. The van der Waals surface area contributed by atoms with Crippen LogP contribution in [0, 0.1) is 0 Å². The fourth-order valence-electron chi connectivity index (χ4n) is 2.77. The van der Waals surface area contributed by atoms with Crippen molar-refractivity contribution in [3.63, 3.8) is 0 Å². The molecule has 3 aromatic heterocycles. The van der Waals surface area contributed by atoms with Crippen molar-refractivity contribution in [2.24, 2.45) is 0 Å². The fourth-order valence-corrected chi connectivity index (χ4v) is 3.82. The molecule has 0 radical (unpaired) electrons. The van der Waals surface area contributed by atoms with Crippen LogP contribution >= 0.6 is 27.3 Å². The summed E-state index contributed by atoms with van der Waals surface area (Å²) in [6.07, 6.45) is 4.26. The Morgan fingerprint density at radius 2 is 2.10 bits per heavy atom. The second-order valence-corrected chi connectivity index (χ2v) is 7.99. The van der Waals surface area contributed by atoms with Crippen LogP contribution < -0.4 is 10.1 Å². The predicted molar refractivity (Wildman–Crippen MR) is 119 cm³/mol. The zero-order valence-electron chi connectivity index (χ0n) is 16.0. The van der Waals surface area contributed by atoms with Gasteiger partial charge in [0.1, 0.15) is 17.3 Å². The highest BCUT2D eigenvalue weighted by atomic mass is 79.9. The van der Waals surface area contributed by atoms with Gasteiger partial charge in [-0.1, -0.05) is 6.07 Å². The number of anilines is 2. The smallest absolute Gasteiger partial charge is 0.305 e. The second-order valence-electron chi connectivity index (χ2n) is 6.27. The Morgan fingerprint density at radius 1 is 1.20 bits per heavy atom. The normalized spacial score (nSPS) is 10.7. The number of aromatic nitrogens is 3. The fraction of sp³-hybridized carbons (Fsp3) is 0.143. The summed E-state index contributed by atoms with van der Waals surface area (Å²) in [5.74, 6) is 1.67. The molecule has 0 fully saturated rings. The highest BCUT2D eigenvalue weighted by molar-refractivity contribution is 9.10. The lowest BCUT2D eigenvalue weighted by atomic mass is 10.2. The summed E-state index contributed by atoms with van der Waals surface area (Å²) in [6, 6.07) is 11.4. The van der Waals surface area contributed by atoms with Crippen molar-refractivity contribution in [2.45, 2.75) is 12.8 Å². The van der Waals surface area contributed by atoms with Crippen molar-refractivity contribution in [3.05, 3.63) is 64.3 Å². The van der Waals surface area contributed by atoms with E-state index in [9.17, 15) is 4.79 Å². The molecule has 0 aliphatic heterocycles. The third kappa shape index (κ3) is 4.74. The first-order valence-corrected chi connectivity index (χ1v) is 10.7. The molecule has 1 N–H and O–H groups in total. The second kappa shape index (κ2) is 9.19. The van der Waals surface area contributed by atoms with Gasteiger partial charge in [-0.25, -0.2) is 9.97 Å². The molecule has 7 nitrogen and oxygen atoms in total. The maximum atomic E-state index is 11.3. The van der Waals surface area contributed by atoms with Crippen molar-refractivity contribution in [2.75, 3.05) is 12.4 Å². The molecule has 0 aliphatic rings. The number of nitrogens with one attached hydrogen (secondary N) is 1. The van der Waals surface area contributed by atoms with E-state index < -0.39 is 0 Å². The number of hydrogen-bond acceptors (Lipinski definition) is 8. The SMILES string of the molecule is COC(=O)CCc1csc(Nc2cc(Oc3cccc4ncccc34)c(Br)cn2)n1. The van der Waals surface area contributed by atoms with Gasteiger partial charge in [0.05, 0.1) is 29.2 Å². The highest BCUT2D eigenvalue weighted by Crippen LogP contribution is 2.35. The van der Waals surface area contributed by atoms with Gasteiger partial charge < -0.3 is 14.8 Å². The van der Waals surface area contributed by atoms with E-state index in [0.717, 1.165) is 21.1 Å². The number of carbonyl (C=O) groups excluding carboxylic acids is 1. The van der Waals surface area contributed by atoms with Gasteiger partial charge in [-0.2, -0.15) is 0 Å². The molecule has 0 amide bonds. The lowest BCUT2D eigenvalue weighted by Crippen LogP contribution is -2.02. The van der Waals surface area contributed by atoms with Crippen molar-refractivity contribution in [3.8, 4) is 11.5 Å². The number of ether oxygens (including phenoxy) is 2. The van der Waals surface area contributed by atoms with Crippen LogP contribution in [0.1, 0.15) is 12.1 Å². The van der Waals surface area contributed by atoms with Crippen LogP contribution in [0.2, 0.25) is 0 Å². The molecule has 1 aromatic carbocycles. The van der Waals surface area contributed by atoms with Crippen LogP contribution in [-0.4, -0.2) is 28.0 Å². The van der Waals surface area contributed by atoms with Crippen LogP contribution in [0.25, 0.3) is 10.9 Å². The van der Waals surface area contributed by atoms with E-state index in [0.29, 0.717) is 35.3 Å². The predicted octanol–water partition coefficient (Wildman–Crippen LogP) is 5.49. The van der Waals surface area contributed by atoms with Crippen molar-refractivity contribution in [1.82, 2.24) is 15.0 Å². The quantitative estimate of drug-likeness (QED) is 0.347. The van der Waals surface area contributed by atoms with E-state index in [1.165, 1.54) is 18.4 Å². The maximum Gasteiger partial charge on any atom is 0.305 e. The molecular weight excluding hydrogens is 468 g/mol. The van der Waals surface area contributed by atoms with E-state index in [2.05, 4.69) is 40.9 Å². The molecule has 4 rings (SSSR count). The number of esters is 1. The Morgan fingerprint density at radius 3 is 2.97 bits per heavy atom. The van der Waals surface area contributed by atoms with Gasteiger partial charge in [-0.05, 0) is 40.2 Å². The van der Waals surface area contributed by atoms with E-state index in [1.807, 2.05) is 35.7 Å². The number of nitrogens with zero attached hydrogens (tertiary/aromatic N) is 3. The van der Waals surface area contributed by atoms with Crippen LogP contribution in [0.15, 0.2) is 58.6 Å². The summed E-state index contributed by atoms with van der Waals surface area (Å²) in [6.45, 7) is 0. The Balaban J connectivity index is 1.51. The number of carbonyl (C=O) groups is 1. The van der Waals surface area contributed by atoms with E-state index in [1.54, 1.807) is 18.5 Å². The number of pyridine rings is 2. The molecule has 30 heavy (non-hydrogen) atoms. The van der Waals surface area contributed by atoms with E-state index in [4.69, 9.17) is 4.74 Å². The standard InChI is InChI=1S/C21H17BrN4O3S/c1-28-20(27)8-7-13-12-30-21(25-13)26-19-10-18(15(22)11-24-19)29-17-6-2-5-16-14(17)4-3-9-23-16/h2-6,9-12H,7-8H2,1H3,(H,24,25,26). The molecule has 0 spiro atoms. The number of thiazole rings is 1. The molecular formula is C21H17BrN4O3S. The average molecular weight is 485 g/mol. The summed E-state index contributed by atoms with van der Waals surface area (Å²) in [7, 11) is 1.38. The number of rotatable bonds is 7. The van der Waals surface area contributed by atoms with Crippen LogP contribution in [0.4, 0.5) is 10.9 Å². The third-order valence-corrected chi connectivity index (χ3v) is 5.65. The number of benzene rings is 1. The largest absolute Gasteiger partial charge is 0.469 e. The summed E-state index contributed by atoms with van der Waals surface area (Å²) in [5.41, 5.74) is 1.69. The van der Waals surface area contributed by atoms with Crippen molar-refractivity contribution in [1.29, 1.82) is 0 Å². The van der Waals surface area contributed by atoms with Gasteiger partial charge in [0.2, 0.25) is 0 Å². The van der Waals surface area contributed by atoms with Gasteiger partial charge in [-0.3, -0.25) is 9.78 Å². The number of hydrogen-bond donors (Lipinski definition) is 1. The first kappa shape index (κ1) is 20.2. The Bertz CT molecular complexity index is 1190. The minimum atomic E-state index is -0.252. The van der Waals surface area contributed by atoms with Gasteiger partial charge >= 0.3 is 5.97 Å². The van der Waals surface area contributed by atoms with Crippen LogP contribution in [-0.2, 0) is 16.0 Å². The Labute approximate surface area is 185 Å². The zero-order chi connectivity index (χ0) is 20.9. The minimum Gasteiger partial charge on any atom is -0.469 e. The Hall–Kier alpha value is -3.04. The van der Waals surface area contributed by atoms with Gasteiger partial charge in [0.15, 0.2) is 5.13 Å². The number of aryl methyl sites for hydroxylation is 1. The molecule has 9 heteroatoms. The summed E-state index contributed by atoms with van der Waals surface area (Å²) >= 11 is 4.94. The average Bonchev–Trinajstić information content (AvgIpc) is 3.22. The topological polar surface area (TPSA) is 86.2 Å². The molecule has 0 saturated heterocycles. The molecule has 3 heterocycles. The third-order valence-electron chi connectivity index (χ3n) is 4.25. The van der Waals surface area contributed by atoms with Gasteiger partial charge in [-0.15, -0.1) is 11.3 Å². The zero-order valence-corrected chi connectivity index (χ0v) is 18.4. The first-order valence-electron chi connectivity index (χ1n) is 9.08. The minimum absolute atomic E-state index is 0.252. The molecule has 0 aliphatic carbocycles. The monoisotopic (exact) mass is 484 g/mol. The molecule has 0 bridgehead atoms. The van der Waals surface area contributed by atoms with Crippen molar-refractivity contribution >= 4 is 55.1 Å². The summed E-state index contributed by atoms with van der Waals surface area (Å²) < 4.78 is 11.5. The van der Waals surface area contributed by atoms with E-state index in [-0.39, 0.29) is 5.97 Å². The highest BCUT2D eigenvalue weighted by Gasteiger charge is 2.11. The molecule has 0 saturated carbocycles. The van der Waals surface area contributed by atoms with Crippen LogP contribution in [0.5, 0.6) is 11.5 Å². The Kier molecular flexibility index (Phi) is 6.20. The molecule has 0 unspecified atom stereocenters. The van der Waals surface area contributed by atoms with E-state index >= 15 is 0 Å². The maximum absolute atomic E-state index is 11.3. The number of methoxy groups -OCH3 is 1. The summed E-state index contributed by atoms with van der Waals surface area (Å²) in [5, 5.41) is 6.70. The van der Waals surface area contributed by atoms with Gasteiger partial charge in [0.25, 0.3) is 0 Å². The van der Waals surface area contributed by atoms with Gasteiger partial charge in [0, 0.05) is 35.6 Å².